The molecule has 0 amide bonds. The van der Waals surface area contributed by atoms with Crippen LogP contribution in [0.3, 0.4) is 0 Å². The molecule has 2 heterocycles. The van der Waals surface area contributed by atoms with Gasteiger partial charge in [-0.15, -0.1) is 0 Å². The maximum Gasteiger partial charge on any atom is 0.148 e. The summed E-state index contributed by atoms with van der Waals surface area (Å²) in [5, 5.41) is 0. The quantitative estimate of drug-likeness (QED) is 0.219. The van der Waals surface area contributed by atoms with E-state index in [4.69, 9.17) is 0 Å². The summed E-state index contributed by atoms with van der Waals surface area (Å²) in [5.41, 5.74) is 2.86. The zero-order valence-electron chi connectivity index (χ0n) is 18.0. The number of ketones is 1. The van der Waals surface area contributed by atoms with Gasteiger partial charge in [0.1, 0.15) is 17.4 Å². The molecule has 0 radical (unpaired) electrons. The summed E-state index contributed by atoms with van der Waals surface area (Å²) in [5.74, 6) is -1.97. The summed E-state index contributed by atoms with van der Waals surface area (Å²) in [6.45, 7) is 0. The maximum atomic E-state index is 14.1. The molecule has 2 unspecified atom stereocenters. The number of Topliss-reactive ketones (excluding diaryl/α,β-unsaturated/α-hetero) is 1. The monoisotopic (exact) mass is 584 g/mol. The fraction of sp³-hybridized carbons (Fsp3) is 0.148. The van der Waals surface area contributed by atoms with Crippen LogP contribution in [0.1, 0.15) is 34.4 Å². The minimum absolute atomic E-state index is 0.0678. The van der Waals surface area contributed by atoms with Crippen LogP contribution in [-0.4, -0.2) is 15.8 Å². The van der Waals surface area contributed by atoms with E-state index in [1.807, 2.05) is 24.3 Å². The third-order valence-electron chi connectivity index (χ3n) is 5.62. The molecule has 0 aliphatic heterocycles. The van der Waals surface area contributed by atoms with E-state index in [9.17, 15) is 13.6 Å². The normalized spacial score (nSPS) is 12.8. The van der Waals surface area contributed by atoms with Crippen molar-refractivity contribution in [2.45, 2.75) is 24.7 Å². The Morgan fingerprint density at radius 2 is 1.06 bits per heavy atom. The van der Waals surface area contributed by atoms with E-state index in [1.165, 1.54) is 24.3 Å². The summed E-state index contributed by atoms with van der Waals surface area (Å²) in [6, 6.07) is 19.3. The molecule has 0 N–H and O–H groups in total. The second-order valence-corrected chi connectivity index (χ2v) is 9.78. The molecular formula is C27H20Br2F2N2O. The molecule has 2 aromatic heterocycles. The average molecular weight is 586 g/mol. The molecule has 0 saturated carbocycles. The number of pyridine rings is 2. The first-order chi connectivity index (χ1) is 16.4. The number of aromatic nitrogens is 2. The molecule has 2 atom stereocenters. The second-order valence-electron chi connectivity index (χ2n) is 7.95. The third kappa shape index (κ3) is 6.21. The van der Waals surface area contributed by atoms with Crippen molar-refractivity contribution in [1.82, 2.24) is 9.97 Å². The Labute approximate surface area is 213 Å². The van der Waals surface area contributed by atoms with Gasteiger partial charge in [0.2, 0.25) is 0 Å². The molecule has 7 heteroatoms. The smallest absolute Gasteiger partial charge is 0.148 e. The highest BCUT2D eigenvalue weighted by Crippen LogP contribution is 2.32. The lowest BCUT2D eigenvalue weighted by Crippen LogP contribution is -2.25. The standard InChI is InChI=1S/C27H20Br2F2N2O/c28-19-9-11-32-23(13-19)15-25(17-1-5-21(30)6-2-17)27(34)26(18-3-7-22(31)8-4-18)16-24-14-20(29)10-12-33-24/h1-14,25-26H,15-16H2. The molecule has 0 bridgehead atoms. The number of carbonyl (C=O) groups excluding carboxylic acids is 1. The van der Waals surface area contributed by atoms with Crippen LogP contribution < -0.4 is 0 Å². The van der Waals surface area contributed by atoms with E-state index in [0.29, 0.717) is 24.0 Å². The third-order valence-corrected chi connectivity index (χ3v) is 6.60. The Balaban J connectivity index is 1.76. The van der Waals surface area contributed by atoms with Gasteiger partial charge in [-0.3, -0.25) is 14.8 Å². The minimum atomic E-state index is -0.579. The molecule has 2 aromatic carbocycles. The van der Waals surface area contributed by atoms with Crippen molar-refractivity contribution in [3.63, 3.8) is 0 Å². The highest BCUT2D eigenvalue weighted by molar-refractivity contribution is 9.10. The molecule has 4 rings (SSSR count). The Hall–Kier alpha value is -2.77. The molecular weight excluding hydrogens is 566 g/mol. The summed E-state index contributed by atoms with van der Waals surface area (Å²) >= 11 is 6.91. The second kappa shape index (κ2) is 11.1. The van der Waals surface area contributed by atoms with Crippen molar-refractivity contribution in [2.24, 2.45) is 0 Å². The van der Waals surface area contributed by atoms with Crippen LogP contribution >= 0.6 is 31.9 Å². The van der Waals surface area contributed by atoms with Crippen molar-refractivity contribution < 1.29 is 13.6 Å². The Morgan fingerprint density at radius 1 is 0.676 bits per heavy atom. The van der Waals surface area contributed by atoms with E-state index in [2.05, 4.69) is 41.8 Å². The van der Waals surface area contributed by atoms with Crippen LogP contribution in [0.2, 0.25) is 0 Å². The van der Waals surface area contributed by atoms with Crippen molar-refractivity contribution in [2.75, 3.05) is 0 Å². The summed E-state index contributed by atoms with van der Waals surface area (Å²) in [6.07, 6.45) is 4.03. The molecule has 4 aromatic rings. The van der Waals surface area contributed by atoms with Gasteiger partial charge in [-0.05, 0) is 59.7 Å². The zero-order chi connectivity index (χ0) is 24.1. The van der Waals surface area contributed by atoms with Crippen molar-refractivity contribution >= 4 is 37.6 Å². The van der Waals surface area contributed by atoms with Crippen LogP contribution in [0.25, 0.3) is 0 Å². The van der Waals surface area contributed by atoms with E-state index in [1.54, 1.807) is 36.7 Å². The van der Waals surface area contributed by atoms with E-state index in [-0.39, 0.29) is 17.4 Å². The Kier molecular flexibility index (Phi) is 7.95. The Morgan fingerprint density at radius 3 is 1.41 bits per heavy atom. The van der Waals surface area contributed by atoms with Crippen LogP contribution in [-0.2, 0) is 17.6 Å². The van der Waals surface area contributed by atoms with Gasteiger partial charge in [0.05, 0.1) is 0 Å². The number of carbonyl (C=O) groups is 1. The first-order valence-electron chi connectivity index (χ1n) is 10.6. The Bertz CT molecular complexity index is 1180. The molecule has 0 fully saturated rings. The fourth-order valence-electron chi connectivity index (χ4n) is 3.94. The van der Waals surface area contributed by atoms with Crippen LogP contribution in [0.5, 0.6) is 0 Å². The summed E-state index contributed by atoms with van der Waals surface area (Å²) in [4.78, 5) is 23.0. The zero-order valence-corrected chi connectivity index (χ0v) is 21.1. The number of hydrogen-bond acceptors (Lipinski definition) is 3. The SMILES string of the molecule is O=C(C(Cc1cc(Br)ccn1)c1ccc(F)cc1)C(Cc1cc(Br)ccn1)c1ccc(F)cc1. The van der Waals surface area contributed by atoms with Gasteiger partial charge in [-0.1, -0.05) is 56.1 Å². The van der Waals surface area contributed by atoms with E-state index >= 15 is 0 Å². The lowest BCUT2D eigenvalue weighted by molar-refractivity contribution is -0.122. The number of rotatable bonds is 8. The fourth-order valence-corrected chi connectivity index (χ4v) is 4.70. The van der Waals surface area contributed by atoms with Gasteiger partial charge in [0.25, 0.3) is 0 Å². The van der Waals surface area contributed by atoms with Crippen LogP contribution in [0, 0.1) is 11.6 Å². The number of hydrogen-bond donors (Lipinski definition) is 0. The van der Waals surface area contributed by atoms with Gasteiger partial charge < -0.3 is 0 Å². The predicted octanol–water partition coefficient (Wildman–Crippen LogP) is 7.20. The lowest BCUT2D eigenvalue weighted by atomic mass is 9.79. The first-order valence-corrected chi connectivity index (χ1v) is 12.2. The van der Waals surface area contributed by atoms with Gasteiger partial charge >= 0.3 is 0 Å². The number of halogens is 4. The summed E-state index contributed by atoms with van der Waals surface area (Å²) < 4.78 is 29.0. The lowest BCUT2D eigenvalue weighted by Gasteiger charge is -2.23. The van der Waals surface area contributed by atoms with Crippen molar-refractivity contribution in [3.8, 4) is 0 Å². The topological polar surface area (TPSA) is 42.9 Å². The maximum absolute atomic E-state index is 14.1. The van der Waals surface area contributed by atoms with Crippen molar-refractivity contribution in [1.29, 1.82) is 0 Å². The molecule has 0 aliphatic carbocycles. The molecule has 0 spiro atoms. The van der Waals surface area contributed by atoms with Gasteiger partial charge in [0.15, 0.2) is 0 Å². The molecule has 34 heavy (non-hydrogen) atoms. The number of benzene rings is 2. The summed E-state index contributed by atoms with van der Waals surface area (Å²) in [7, 11) is 0. The molecule has 0 saturated heterocycles. The van der Waals surface area contributed by atoms with Gasteiger partial charge in [-0.25, -0.2) is 8.78 Å². The molecule has 0 aliphatic rings. The van der Waals surface area contributed by atoms with E-state index < -0.39 is 11.8 Å². The highest BCUT2D eigenvalue weighted by Gasteiger charge is 2.31. The minimum Gasteiger partial charge on any atom is -0.298 e. The predicted molar refractivity (Wildman–Crippen MR) is 135 cm³/mol. The first kappa shape index (κ1) is 24.4. The molecule has 172 valence electrons. The van der Waals surface area contributed by atoms with Crippen LogP contribution in [0.15, 0.2) is 94.1 Å². The number of nitrogens with zero attached hydrogens (tertiary/aromatic N) is 2. The van der Waals surface area contributed by atoms with E-state index in [0.717, 1.165) is 20.3 Å². The highest BCUT2D eigenvalue weighted by atomic mass is 79.9. The van der Waals surface area contributed by atoms with Crippen LogP contribution in [0.4, 0.5) is 8.78 Å². The van der Waals surface area contributed by atoms with Gasteiger partial charge in [-0.2, -0.15) is 0 Å². The molecule has 3 nitrogen and oxygen atoms in total. The largest absolute Gasteiger partial charge is 0.298 e. The average Bonchev–Trinajstić information content (AvgIpc) is 2.82. The van der Waals surface area contributed by atoms with Crippen molar-refractivity contribution in [3.05, 3.63) is 128 Å². The van der Waals surface area contributed by atoms with Gasteiger partial charge in [0, 0.05) is 57.4 Å².